The average Bonchev–Trinajstić information content (AvgIpc) is 2.04. The Hall–Kier alpha value is -1.25. The number of hydrogen-bond donors (Lipinski definition) is 1. The van der Waals surface area contributed by atoms with Crippen molar-refractivity contribution < 1.29 is 9.90 Å². The summed E-state index contributed by atoms with van der Waals surface area (Å²) in [6.07, 6.45) is 0.197. The summed E-state index contributed by atoms with van der Waals surface area (Å²) in [6, 6.07) is 7.99. The molecule has 2 nitrogen and oxygen atoms in total. The third-order valence-electron chi connectivity index (χ3n) is 2.13. The number of carboxylic acid groups (broad SMARTS) is 1. The minimum atomic E-state index is -0.743. The Morgan fingerprint density at radius 2 is 2.00 bits per heavy atom. The van der Waals surface area contributed by atoms with Gasteiger partial charge < -0.3 is 5.11 Å². The highest BCUT2D eigenvalue weighted by atomic mass is 16.4. The van der Waals surface area contributed by atoms with E-state index < -0.39 is 5.97 Å². The van der Waals surface area contributed by atoms with Crippen LogP contribution in [0, 0.1) is 0 Å². The molecule has 1 N–H and O–H groups in total. The molecule has 0 saturated heterocycles. The average molecular weight is 176 g/mol. The molecule has 13 heavy (non-hydrogen) atoms. The van der Waals surface area contributed by atoms with Crippen molar-refractivity contribution in [2.24, 2.45) is 0 Å². The number of aliphatic carboxylic acids is 1. The first-order valence-corrected chi connectivity index (χ1v) is 4.38. The molecule has 0 bridgehead atoms. The van der Waals surface area contributed by atoms with Crippen LogP contribution >= 0.6 is 0 Å². The second-order valence-electron chi connectivity index (χ2n) is 3.41. The van der Waals surface area contributed by atoms with Crippen LogP contribution in [0.25, 0.3) is 0 Å². The summed E-state index contributed by atoms with van der Waals surface area (Å²) in [6.45, 7) is 1.93. The summed E-state index contributed by atoms with van der Waals surface area (Å²) in [5, 5.41) is 8.60. The zero-order chi connectivity index (χ0) is 9.84. The van der Waals surface area contributed by atoms with E-state index in [1.165, 1.54) is 5.46 Å². The summed E-state index contributed by atoms with van der Waals surface area (Å²) in [7, 11) is 2.02. The second-order valence-corrected chi connectivity index (χ2v) is 3.41. The molecular weight excluding hydrogens is 163 g/mol. The van der Waals surface area contributed by atoms with Gasteiger partial charge in [0.15, 0.2) is 0 Å². The number of carbonyl (C=O) groups is 1. The first-order chi connectivity index (χ1) is 6.09. The van der Waals surface area contributed by atoms with E-state index in [-0.39, 0.29) is 12.3 Å². The third-order valence-corrected chi connectivity index (χ3v) is 2.13. The molecule has 0 saturated carbocycles. The van der Waals surface area contributed by atoms with Crippen molar-refractivity contribution >= 4 is 19.3 Å². The maximum atomic E-state index is 10.4. The van der Waals surface area contributed by atoms with Gasteiger partial charge in [-0.3, -0.25) is 4.79 Å². The molecule has 68 valence electrons. The maximum Gasteiger partial charge on any atom is 0.303 e. The predicted molar refractivity (Wildman–Crippen MR) is 55.3 cm³/mol. The van der Waals surface area contributed by atoms with Crippen LogP contribution in [-0.4, -0.2) is 18.9 Å². The van der Waals surface area contributed by atoms with Gasteiger partial charge in [0, 0.05) is 0 Å². The third kappa shape index (κ3) is 2.94. The van der Waals surface area contributed by atoms with E-state index >= 15 is 0 Å². The maximum absolute atomic E-state index is 10.4. The van der Waals surface area contributed by atoms with Crippen molar-refractivity contribution in [1.29, 1.82) is 0 Å². The largest absolute Gasteiger partial charge is 0.481 e. The minimum Gasteiger partial charge on any atom is -0.481 e. The Morgan fingerprint density at radius 1 is 1.46 bits per heavy atom. The van der Waals surface area contributed by atoms with Crippen LogP contribution in [0.3, 0.4) is 0 Å². The van der Waals surface area contributed by atoms with Crippen molar-refractivity contribution in [2.45, 2.75) is 19.3 Å². The van der Waals surface area contributed by atoms with Gasteiger partial charge >= 0.3 is 5.97 Å². The fourth-order valence-corrected chi connectivity index (χ4v) is 1.27. The van der Waals surface area contributed by atoms with Crippen LogP contribution in [0.4, 0.5) is 0 Å². The predicted octanol–water partition coefficient (Wildman–Crippen LogP) is 0.523. The van der Waals surface area contributed by atoms with E-state index in [4.69, 9.17) is 5.11 Å². The number of benzene rings is 1. The van der Waals surface area contributed by atoms with Crippen molar-refractivity contribution in [2.75, 3.05) is 0 Å². The molecule has 1 aromatic carbocycles. The first-order valence-electron chi connectivity index (χ1n) is 4.38. The summed E-state index contributed by atoms with van der Waals surface area (Å²) in [5.74, 6) is -0.647. The van der Waals surface area contributed by atoms with Crippen molar-refractivity contribution in [3.63, 3.8) is 0 Å². The van der Waals surface area contributed by atoms with E-state index in [1.807, 2.05) is 39.0 Å². The van der Waals surface area contributed by atoms with Gasteiger partial charge in [-0.15, -0.1) is 0 Å². The van der Waals surface area contributed by atoms with Gasteiger partial charge in [0.05, 0.1) is 6.42 Å². The standard InChI is InChI=1S/C10H13BO2/c1-7(6-10(12)13)8-2-4-9(11)5-3-8/h2-5,7H,6,11H2,1H3,(H,12,13)/t7-/m0/s1. The molecule has 0 aromatic heterocycles. The topological polar surface area (TPSA) is 37.3 Å². The molecule has 0 aliphatic carbocycles. The van der Waals surface area contributed by atoms with Gasteiger partial charge in [0.1, 0.15) is 7.85 Å². The summed E-state index contributed by atoms with van der Waals surface area (Å²) in [5.41, 5.74) is 2.29. The van der Waals surface area contributed by atoms with Crippen molar-refractivity contribution in [1.82, 2.24) is 0 Å². The normalized spacial score (nSPS) is 12.4. The molecule has 0 radical (unpaired) electrons. The highest BCUT2D eigenvalue weighted by Gasteiger charge is 2.08. The van der Waals surface area contributed by atoms with E-state index in [0.29, 0.717) is 0 Å². The van der Waals surface area contributed by atoms with E-state index in [1.54, 1.807) is 0 Å². The lowest BCUT2D eigenvalue weighted by Gasteiger charge is -2.08. The lowest BCUT2D eigenvalue weighted by Crippen LogP contribution is -2.05. The van der Waals surface area contributed by atoms with Crippen LogP contribution in [0.15, 0.2) is 24.3 Å². The molecule has 0 heterocycles. The Morgan fingerprint density at radius 3 is 2.46 bits per heavy atom. The van der Waals surface area contributed by atoms with Crippen LogP contribution in [0.2, 0.25) is 0 Å². The molecule has 1 aromatic rings. The smallest absolute Gasteiger partial charge is 0.303 e. The Kier molecular flexibility index (Phi) is 3.12. The fraction of sp³-hybridized carbons (Fsp3) is 0.300. The summed E-state index contributed by atoms with van der Waals surface area (Å²) < 4.78 is 0. The monoisotopic (exact) mass is 176 g/mol. The van der Waals surface area contributed by atoms with Crippen LogP contribution < -0.4 is 5.46 Å². The second kappa shape index (κ2) is 4.12. The van der Waals surface area contributed by atoms with Crippen molar-refractivity contribution in [3.8, 4) is 0 Å². The molecule has 0 unspecified atom stereocenters. The highest BCUT2D eigenvalue weighted by molar-refractivity contribution is 6.32. The summed E-state index contributed by atoms with van der Waals surface area (Å²) >= 11 is 0. The van der Waals surface area contributed by atoms with Crippen LogP contribution in [-0.2, 0) is 4.79 Å². The highest BCUT2D eigenvalue weighted by Crippen LogP contribution is 2.17. The first kappa shape index (κ1) is 9.84. The van der Waals surface area contributed by atoms with Gasteiger partial charge in [0.25, 0.3) is 0 Å². The van der Waals surface area contributed by atoms with Gasteiger partial charge in [-0.25, -0.2) is 0 Å². The van der Waals surface area contributed by atoms with Crippen molar-refractivity contribution in [3.05, 3.63) is 29.8 Å². The van der Waals surface area contributed by atoms with E-state index in [2.05, 4.69) is 0 Å². The molecule has 0 amide bonds. The van der Waals surface area contributed by atoms with Gasteiger partial charge in [0.2, 0.25) is 0 Å². The van der Waals surface area contributed by atoms with E-state index in [0.717, 1.165) is 5.56 Å². The lowest BCUT2D eigenvalue weighted by atomic mass is 9.91. The molecule has 0 fully saturated rings. The van der Waals surface area contributed by atoms with E-state index in [9.17, 15) is 4.79 Å². The zero-order valence-electron chi connectivity index (χ0n) is 7.95. The summed E-state index contributed by atoms with van der Waals surface area (Å²) in [4.78, 5) is 10.4. The minimum absolute atomic E-state index is 0.0955. The Balaban J connectivity index is 2.71. The van der Waals surface area contributed by atoms with Gasteiger partial charge in [-0.05, 0) is 11.5 Å². The lowest BCUT2D eigenvalue weighted by molar-refractivity contribution is -0.137. The van der Waals surface area contributed by atoms with Gasteiger partial charge in [-0.2, -0.15) is 0 Å². The molecular formula is C10H13BO2. The SMILES string of the molecule is Bc1ccc([C@@H](C)CC(=O)O)cc1. The van der Waals surface area contributed by atoms with Crippen LogP contribution in [0.1, 0.15) is 24.8 Å². The number of carboxylic acids is 1. The molecule has 1 atom stereocenters. The fourth-order valence-electron chi connectivity index (χ4n) is 1.27. The molecule has 3 heteroatoms. The number of rotatable bonds is 3. The molecule has 0 aliphatic rings. The van der Waals surface area contributed by atoms with Gasteiger partial charge in [-0.1, -0.05) is 36.7 Å². The molecule has 0 spiro atoms. The molecule has 1 rings (SSSR count). The number of hydrogen-bond acceptors (Lipinski definition) is 1. The van der Waals surface area contributed by atoms with Crippen LogP contribution in [0.5, 0.6) is 0 Å². The Labute approximate surface area is 79.0 Å². The Bertz CT molecular complexity index is 292. The zero-order valence-corrected chi connectivity index (χ0v) is 7.95. The quantitative estimate of drug-likeness (QED) is 0.681. The molecule has 0 aliphatic heterocycles.